The van der Waals surface area contributed by atoms with Gasteiger partial charge in [-0.05, 0) is 0 Å². The predicted octanol–water partition coefficient (Wildman–Crippen LogP) is -1.57. The zero-order valence-electron chi connectivity index (χ0n) is 4.70. The molecule has 3 heteroatoms. The van der Waals surface area contributed by atoms with E-state index in [0.717, 1.165) is 0 Å². The number of hydrogen-bond donors (Lipinski definition) is 0. The van der Waals surface area contributed by atoms with Crippen LogP contribution in [-0.2, 0) is 4.79 Å². The van der Waals surface area contributed by atoms with Crippen molar-refractivity contribution in [3.05, 3.63) is 22.6 Å². The number of carboxylic acid groups (broad SMARTS) is 1. The zero-order valence-corrected chi connectivity index (χ0v) is 7.13. The van der Waals surface area contributed by atoms with E-state index in [1.54, 1.807) is 17.0 Å². The van der Waals surface area contributed by atoms with Crippen LogP contribution >= 0.6 is 0 Å². The molecule has 0 fully saturated rings. The number of rotatable bonds is 1. The van der Waals surface area contributed by atoms with Crippen molar-refractivity contribution in [2.75, 3.05) is 0 Å². The minimum atomic E-state index is -1.06. The van der Waals surface area contributed by atoms with Crippen LogP contribution in [0.25, 0.3) is 0 Å². The quantitative estimate of drug-likeness (QED) is 0.459. The van der Waals surface area contributed by atoms with Gasteiger partial charge in [-0.25, -0.2) is 0 Å². The summed E-state index contributed by atoms with van der Waals surface area (Å²) < 4.78 is 0. The van der Waals surface area contributed by atoms with Crippen molar-refractivity contribution in [3.8, 4) is 0 Å². The maximum absolute atomic E-state index is 10.1. The van der Waals surface area contributed by atoms with Gasteiger partial charge in [0.2, 0.25) is 0 Å². The molecule has 46 valence electrons. The number of carbonyl (C=O) groups is 1. The average Bonchev–Trinajstić information content (AvgIpc) is 1.90. The standard InChI is InChI=1S/C6H6GeO2/c8-6(9)5-2-1-3-7-4-5/h1-4,7H,(H,8,9)/p-1. The van der Waals surface area contributed by atoms with E-state index in [1.807, 2.05) is 4.91 Å². The van der Waals surface area contributed by atoms with Crippen LogP contribution < -0.4 is 5.11 Å². The van der Waals surface area contributed by atoms with Gasteiger partial charge in [0.05, 0.1) is 0 Å². The van der Waals surface area contributed by atoms with Gasteiger partial charge < -0.3 is 0 Å². The molecule has 0 radical (unpaired) electrons. The molecule has 0 aromatic heterocycles. The number of carboxylic acids is 1. The van der Waals surface area contributed by atoms with Gasteiger partial charge in [0.1, 0.15) is 0 Å². The molecule has 1 rings (SSSR count). The first-order chi connectivity index (χ1) is 4.30. The van der Waals surface area contributed by atoms with E-state index < -0.39 is 21.0 Å². The molecule has 1 heterocycles. The van der Waals surface area contributed by atoms with Crippen LogP contribution in [-0.4, -0.2) is 25.8 Å². The van der Waals surface area contributed by atoms with Crippen molar-refractivity contribution in [1.29, 1.82) is 0 Å². The van der Waals surface area contributed by atoms with Gasteiger partial charge in [-0.3, -0.25) is 0 Å². The third kappa shape index (κ3) is 1.64. The molecule has 0 aromatic carbocycles. The molecule has 0 unspecified atom stereocenters. The fraction of sp³-hybridized carbons (Fsp3) is 0. The molecule has 0 spiro atoms. The van der Waals surface area contributed by atoms with Crippen LogP contribution in [0.1, 0.15) is 0 Å². The SMILES string of the molecule is O=C([O-])C1=CC=[CH][GeH]=[CH]1. The summed E-state index contributed by atoms with van der Waals surface area (Å²) >= 11 is -0.510. The molecule has 0 aliphatic carbocycles. The summed E-state index contributed by atoms with van der Waals surface area (Å²) in [4.78, 5) is 13.9. The summed E-state index contributed by atoms with van der Waals surface area (Å²) in [5, 5.41) is 10.1. The maximum atomic E-state index is 10.1. The Morgan fingerprint density at radius 3 is 2.78 bits per heavy atom. The monoisotopic (exact) mass is 183 g/mol. The van der Waals surface area contributed by atoms with Crippen molar-refractivity contribution in [2.45, 2.75) is 0 Å². The van der Waals surface area contributed by atoms with Crippen LogP contribution in [0.3, 0.4) is 0 Å². The molecular weight excluding hydrogens is 177 g/mol. The third-order valence-corrected chi connectivity index (χ3v) is 3.10. The Bertz CT molecular complexity index is 213. The summed E-state index contributed by atoms with van der Waals surface area (Å²) in [6, 6.07) is 0. The normalized spacial score (nSPS) is 15.3. The Morgan fingerprint density at radius 2 is 2.44 bits per heavy atom. The molecule has 0 saturated carbocycles. The van der Waals surface area contributed by atoms with Crippen molar-refractivity contribution in [2.24, 2.45) is 0 Å². The van der Waals surface area contributed by atoms with E-state index in [9.17, 15) is 9.90 Å². The molecule has 0 saturated heterocycles. The van der Waals surface area contributed by atoms with Crippen molar-refractivity contribution in [1.82, 2.24) is 0 Å². The average molecular weight is 182 g/mol. The van der Waals surface area contributed by atoms with Gasteiger partial charge in [0.25, 0.3) is 0 Å². The fourth-order valence-corrected chi connectivity index (χ4v) is 2.26. The van der Waals surface area contributed by atoms with E-state index in [0.29, 0.717) is 5.57 Å². The summed E-state index contributed by atoms with van der Waals surface area (Å²) in [7, 11) is 0. The Balaban J connectivity index is 2.84. The Hall–Kier alpha value is -0.637. The van der Waals surface area contributed by atoms with Gasteiger partial charge in [-0.15, -0.1) is 0 Å². The van der Waals surface area contributed by atoms with E-state index in [2.05, 4.69) is 0 Å². The third-order valence-electron chi connectivity index (χ3n) is 1.01. The van der Waals surface area contributed by atoms with E-state index in [4.69, 9.17) is 0 Å². The topological polar surface area (TPSA) is 40.1 Å². The first-order valence-corrected chi connectivity index (χ1v) is 5.37. The molecule has 0 amide bonds. The molecule has 1 aliphatic heterocycles. The molecule has 2 nitrogen and oxygen atoms in total. The van der Waals surface area contributed by atoms with Crippen LogP contribution in [0.15, 0.2) is 22.6 Å². The molecule has 0 atom stereocenters. The Morgan fingerprint density at radius 1 is 1.67 bits per heavy atom. The molecule has 0 N–H and O–H groups in total. The molecule has 0 bridgehead atoms. The van der Waals surface area contributed by atoms with E-state index >= 15 is 0 Å². The van der Waals surface area contributed by atoms with Gasteiger partial charge in [-0.1, -0.05) is 0 Å². The number of hydrogen-bond acceptors (Lipinski definition) is 2. The predicted molar refractivity (Wildman–Crippen MR) is 35.4 cm³/mol. The first-order valence-electron chi connectivity index (χ1n) is 2.57. The molecular formula is C6H5GeO2-. The van der Waals surface area contributed by atoms with Crippen molar-refractivity contribution >= 4 is 25.8 Å². The van der Waals surface area contributed by atoms with Gasteiger partial charge in [-0.2, -0.15) is 0 Å². The fourth-order valence-electron chi connectivity index (χ4n) is 0.574. The van der Waals surface area contributed by atoms with Crippen LogP contribution in [0.5, 0.6) is 0 Å². The number of carbonyl (C=O) groups excluding carboxylic acids is 1. The minimum absolute atomic E-state index is 0.345. The van der Waals surface area contributed by atoms with Crippen molar-refractivity contribution < 1.29 is 9.90 Å². The first kappa shape index (κ1) is 6.48. The van der Waals surface area contributed by atoms with E-state index in [1.165, 1.54) is 0 Å². The van der Waals surface area contributed by atoms with Gasteiger partial charge in [0.15, 0.2) is 0 Å². The summed E-state index contributed by atoms with van der Waals surface area (Å²) in [5.41, 5.74) is 0.345. The number of aliphatic carboxylic acids is 1. The zero-order chi connectivity index (χ0) is 6.69. The van der Waals surface area contributed by atoms with Gasteiger partial charge >= 0.3 is 58.3 Å². The van der Waals surface area contributed by atoms with Crippen LogP contribution in [0.4, 0.5) is 0 Å². The number of allylic oxidation sites excluding steroid dienone is 2. The second kappa shape index (κ2) is 2.78. The van der Waals surface area contributed by atoms with E-state index in [-0.39, 0.29) is 0 Å². The van der Waals surface area contributed by atoms with Crippen LogP contribution in [0.2, 0.25) is 0 Å². The second-order valence-corrected chi connectivity index (χ2v) is 3.97. The second-order valence-electron chi connectivity index (χ2n) is 1.65. The molecule has 1 aliphatic rings. The Labute approximate surface area is 58.9 Å². The molecule has 9 heavy (non-hydrogen) atoms. The summed E-state index contributed by atoms with van der Waals surface area (Å²) in [6.45, 7) is 0. The van der Waals surface area contributed by atoms with Gasteiger partial charge in [0, 0.05) is 0 Å². The summed E-state index contributed by atoms with van der Waals surface area (Å²) in [5.74, 6) is -1.06. The van der Waals surface area contributed by atoms with Crippen LogP contribution in [0, 0.1) is 0 Å². The Kier molecular flexibility index (Phi) is 2.00. The van der Waals surface area contributed by atoms with Crippen molar-refractivity contribution in [3.63, 3.8) is 0 Å². The summed E-state index contributed by atoms with van der Waals surface area (Å²) in [6.07, 6.45) is 3.35. The molecule has 0 aromatic rings.